The van der Waals surface area contributed by atoms with Crippen molar-refractivity contribution in [1.82, 2.24) is 25.1 Å². The summed E-state index contributed by atoms with van der Waals surface area (Å²) in [5, 5.41) is 15.0. The van der Waals surface area contributed by atoms with Crippen molar-refractivity contribution in [1.29, 1.82) is 0 Å². The van der Waals surface area contributed by atoms with Crippen LogP contribution in [0.3, 0.4) is 0 Å². The lowest BCUT2D eigenvalue weighted by Gasteiger charge is -2.16. The largest absolute Gasteiger partial charge is 0.493 e. The number of ether oxygens (including phenoxy) is 2. The summed E-state index contributed by atoms with van der Waals surface area (Å²) in [6.45, 7) is 6.23. The van der Waals surface area contributed by atoms with Crippen LogP contribution in [-0.2, 0) is 6.42 Å². The summed E-state index contributed by atoms with van der Waals surface area (Å²) in [7, 11) is 1.66. The van der Waals surface area contributed by atoms with E-state index in [9.17, 15) is 0 Å². The third-order valence-electron chi connectivity index (χ3n) is 6.22. The van der Waals surface area contributed by atoms with Crippen molar-refractivity contribution in [2.24, 2.45) is 0 Å². The zero-order chi connectivity index (χ0) is 22.6. The highest BCUT2D eigenvalue weighted by Gasteiger charge is 2.23. The number of H-pyrrole nitrogens is 1. The fourth-order valence-corrected chi connectivity index (χ4v) is 4.18. The van der Waals surface area contributed by atoms with E-state index in [2.05, 4.69) is 32.7 Å². The fraction of sp³-hybridized carbons (Fsp3) is 0.542. The van der Waals surface area contributed by atoms with Crippen molar-refractivity contribution < 1.29 is 9.47 Å². The van der Waals surface area contributed by atoms with Gasteiger partial charge in [0.1, 0.15) is 5.82 Å². The number of anilines is 3. The number of aromatic amines is 1. The van der Waals surface area contributed by atoms with Crippen LogP contribution in [0.4, 0.5) is 17.6 Å². The number of nitrogens with zero attached hydrogens (tertiary/aromatic N) is 4. The molecule has 2 aliphatic rings. The van der Waals surface area contributed by atoms with Crippen LogP contribution in [0.25, 0.3) is 10.9 Å². The van der Waals surface area contributed by atoms with Crippen LogP contribution in [0, 0.1) is 0 Å². The third-order valence-corrected chi connectivity index (χ3v) is 6.22. The quantitative estimate of drug-likeness (QED) is 0.375. The SMILES string of the molecule is CCc1cc(Nc2nc(NC3CC3)nc3cc(OCCCN4CCCC4)c(OC)cc23)n[nH]1. The van der Waals surface area contributed by atoms with Crippen molar-refractivity contribution in [2.45, 2.75) is 51.5 Å². The molecule has 3 N–H and O–H groups in total. The molecule has 0 spiro atoms. The van der Waals surface area contributed by atoms with Gasteiger partial charge in [0.2, 0.25) is 5.95 Å². The summed E-state index contributed by atoms with van der Waals surface area (Å²) < 4.78 is 11.8. The monoisotopic (exact) mass is 451 g/mol. The van der Waals surface area contributed by atoms with Gasteiger partial charge in [0, 0.05) is 35.8 Å². The van der Waals surface area contributed by atoms with Crippen LogP contribution >= 0.6 is 0 Å². The maximum Gasteiger partial charge on any atom is 0.225 e. The molecular weight excluding hydrogens is 418 g/mol. The highest BCUT2D eigenvalue weighted by molar-refractivity contribution is 5.94. The van der Waals surface area contributed by atoms with E-state index < -0.39 is 0 Å². The number of aromatic nitrogens is 4. The van der Waals surface area contributed by atoms with Crippen LogP contribution in [0.2, 0.25) is 0 Å². The molecule has 1 aliphatic carbocycles. The summed E-state index contributed by atoms with van der Waals surface area (Å²) in [6, 6.07) is 6.35. The Labute approximate surface area is 194 Å². The molecule has 9 nitrogen and oxygen atoms in total. The van der Waals surface area contributed by atoms with Gasteiger partial charge in [-0.1, -0.05) is 6.92 Å². The summed E-state index contributed by atoms with van der Waals surface area (Å²) in [5.74, 6) is 3.42. The molecule has 176 valence electrons. The number of likely N-dealkylation sites (tertiary alicyclic amines) is 1. The smallest absolute Gasteiger partial charge is 0.225 e. The van der Waals surface area contributed by atoms with Crippen molar-refractivity contribution in [3.8, 4) is 11.5 Å². The van der Waals surface area contributed by atoms with Gasteiger partial charge in [-0.15, -0.1) is 0 Å². The Morgan fingerprint density at radius 2 is 1.97 bits per heavy atom. The van der Waals surface area contributed by atoms with E-state index in [1.807, 2.05) is 18.2 Å². The number of hydrogen-bond donors (Lipinski definition) is 3. The number of hydrogen-bond acceptors (Lipinski definition) is 8. The van der Waals surface area contributed by atoms with Crippen LogP contribution in [0.1, 0.15) is 44.7 Å². The number of fused-ring (bicyclic) bond motifs is 1. The molecule has 1 saturated carbocycles. The fourth-order valence-electron chi connectivity index (χ4n) is 4.18. The first kappa shape index (κ1) is 21.8. The zero-order valence-electron chi connectivity index (χ0n) is 19.5. The predicted octanol–water partition coefficient (Wildman–Crippen LogP) is 4.11. The molecule has 33 heavy (non-hydrogen) atoms. The van der Waals surface area contributed by atoms with Crippen LogP contribution in [0.15, 0.2) is 18.2 Å². The normalized spacial score (nSPS) is 16.3. The Hall–Kier alpha value is -3.07. The number of aryl methyl sites for hydroxylation is 1. The van der Waals surface area contributed by atoms with Crippen LogP contribution < -0.4 is 20.1 Å². The number of benzene rings is 1. The van der Waals surface area contributed by atoms with Gasteiger partial charge in [-0.3, -0.25) is 5.10 Å². The molecule has 2 fully saturated rings. The molecule has 1 saturated heterocycles. The summed E-state index contributed by atoms with van der Waals surface area (Å²) in [6.07, 6.45) is 6.80. The van der Waals surface area contributed by atoms with E-state index in [-0.39, 0.29) is 0 Å². The second-order valence-electron chi connectivity index (χ2n) is 8.84. The Balaban J connectivity index is 1.40. The minimum Gasteiger partial charge on any atom is -0.493 e. The summed E-state index contributed by atoms with van der Waals surface area (Å²) in [5.41, 5.74) is 1.87. The van der Waals surface area contributed by atoms with Crippen LogP contribution in [-0.4, -0.2) is 64.5 Å². The average Bonchev–Trinajstić information content (AvgIpc) is 3.29. The van der Waals surface area contributed by atoms with E-state index in [1.165, 1.54) is 25.9 Å². The number of methoxy groups -OCH3 is 1. The highest BCUT2D eigenvalue weighted by Crippen LogP contribution is 2.36. The molecule has 5 rings (SSSR count). The number of nitrogens with one attached hydrogen (secondary N) is 3. The lowest BCUT2D eigenvalue weighted by molar-refractivity contribution is 0.254. The Morgan fingerprint density at radius 3 is 2.70 bits per heavy atom. The standard InChI is InChI=1S/C24H33N7O2/c1-3-16-13-22(30-29-16)27-23-18-14-20(32-2)21(33-12-6-11-31-9-4-5-10-31)15-19(18)26-24(28-23)25-17-7-8-17/h13-15,17H,3-12H2,1-2H3,(H3,25,26,27,28,29,30). The maximum absolute atomic E-state index is 6.14. The molecule has 0 radical (unpaired) electrons. The predicted molar refractivity (Wildman–Crippen MR) is 130 cm³/mol. The van der Waals surface area contributed by atoms with E-state index in [1.54, 1.807) is 7.11 Å². The van der Waals surface area contributed by atoms with Gasteiger partial charge >= 0.3 is 0 Å². The second-order valence-corrected chi connectivity index (χ2v) is 8.84. The van der Waals surface area contributed by atoms with Gasteiger partial charge in [0.05, 0.1) is 19.2 Å². The van der Waals surface area contributed by atoms with Crippen molar-refractivity contribution in [2.75, 3.05) is 44.0 Å². The van der Waals surface area contributed by atoms with Crippen molar-refractivity contribution >= 4 is 28.5 Å². The van der Waals surface area contributed by atoms with Gasteiger partial charge in [0.15, 0.2) is 17.3 Å². The van der Waals surface area contributed by atoms with Gasteiger partial charge < -0.3 is 25.0 Å². The second kappa shape index (κ2) is 9.82. The van der Waals surface area contributed by atoms with E-state index in [4.69, 9.17) is 19.4 Å². The first-order valence-corrected chi connectivity index (χ1v) is 12.0. The minimum atomic E-state index is 0.451. The molecule has 0 atom stereocenters. The van der Waals surface area contributed by atoms with Gasteiger partial charge in [-0.2, -0.15) is 10.1 Å². The van der Waals surface area contributed by atoms with Gasteiger partial charge in [0.25, 0.3) is 0 Å². The molecule has 9 heteroatoms. The van der Waals surface area contributed by atoms with Crippen LogP contribution in [0.5, 0.6) is 11.5 Å². The molecule has 0 bridgehead atoms. The first-order valence-electron chi connectivity index (χ1n) is 12.0. The zero-order valence-corrected chi connectivity index (χ0v) is 19.5. The summed E-state index contributed by atoms with van der Waals surface area (Å²) in [4.78, 5) is 12.0. The molecule has 2 aromatic heterocycles. The molecular formula is C24H33N7O2. The van der Waals surface area contributed by atoms with Crippen molar-refractivity contribution in [3.05, 3.63) is 23.9 Å². The highest BCUT2D eigenvalue weighted by atomic mass is 16.5. The minimum absolute atomic E-state index is 0.451. The van der Waals surface area contributed by atoms with E-state index in [0.717, 1.165) is 54.6 Å². The molecule has 1 aromatic carbocycles. The van der Waals surface area contributed by atoms with Gasteiger partial charge in [-0.05, 0) is 57.7 Å². The Bertz CT molecular complexity index is 1090. The molecule has 3 aromatic rings. The third kappa shape index (κ3) is 5.30. The molecule has 1 aliphatic heterocycles. The molecule has 3 heterocycles. The average molecular weight is 452 g/mol. The molecule has 0 amide bonds. The first-order chi connectivity index (χ1) is 16.2. The topological polar surface area (TPSA) is 100 Å². The maximum atomic E-state index is 6.14. The molecule has 0 unspecified atom stereocenters. The van der Waals surface area contributed by atoms with Crippen molar-refractivity contribution in [3.63, 3.8) is 0 Å². The number of rotatable bonds is 11. The Morgan fingerprint density at radius 1 is 1.12 bits per heavy atom. The van der Waals surface area contributed by atoms with E-state index in [0.29, 0.717) is 35.9 Å². The lowest BCUT2D eigenvalue weighted by atomic mass is 10.2. The Kier molecular flexibility index (Phi) is 6.48. The van der Waals surface area contributed by atoms with Gasteiger partial charge in [-0.25, -0.2) is 4.98 Å². The van der Waals surface area contributed by atoms with E-state index >= 15 is 0 Å². The summed E-state index contributed by atoms with van der Waals surface area (Å²) >= 11 is 0. The lowest BCUT2D eigenvalue weighted by Crippen LogP contribution is -2.21.